The van der Waals surface area contributed by atoms with Crippen LogP contribution in [0.4, 0.5) is 0 Å². The second-order valence-corrected chi connectivity index (χ2v) is 8.01. The predicted molar refractivity (Wildman–Crippen MR) is 99.9 cm³/mol. The van der Waals surface area contributed by atoms with Crippen LogP contribution in [0.5, 0.6) is 0 Å². The molecule has 0 radical (unpaired) electrons. The Labute approximate surface area is 149 Å². The molecule has 1 atom stereocenters. The van der Waals surface area contributed by atoms with Crippen molar-refractivity contribution in [3.63, 3.8) is 0 Å². The lowest BCUT2D eigenvalue weighted by Gasteiger charge is -2.22. The lowest BCUT2D eigenvalue weighted by atomic mass is 9.96. The van der Waals surface area contributed by atoms with Crippen LogP contribution in [0.2, 0.25) is 5.02 Å². The lowest BCUT2D eigenvalue weighted by Crippen LogP contribution is -2.46. The average Bonchev–Trinajstić information content (AvgIpc) is 3.52. The third-order valence-corrected chi connectivity index (χ3v) is 6.00. The molecule has 1 heterocycles. The molecule has 0 aromatic heterocycles. The molecule has 1 aromatic rings. The summed E-state index contributed by atoms with van der Waals surface area (Å²) in [4.78, 5) is 7.06. The van der Waals surface area contributed by atoms with Crippen LogP contribution >= 0.6 is 11.6 Å². The van der Waals surface area contributed by atoms with Crippen LogP contribution in [-0.2, 0) is 5.41 Å². The molecule has 3 fully saturated rings. The highest BCUT2D eigenvalue weighted by Gasteiger charge is 2.44. The molecule has 0 spiro atoms. The largest absolute Gasteiger partial charge is 0.356 e. The number of guanidine groups is 1. The molecule has 1 saturated heterocycles. The summed E-state index contributed by atoms with van der Waals surface area (Å²) in [6.45, 7) is 3.33. The van der Waals surface area contributed by atoms with Gasteiger partial charge in [-0.2, -0.15) is 0 Å². The van der Waals surface area contributed by atoms with Crippen molar-refractivity contribution in [3.8, 4) is 0 Å². The van der Waals surface area contributed by atoms with Crippen molar-refractivity contribution >= 4 is 17.6 Å². The van der Waals surface area contributed by atoms with Crippen molar-refractivity contribution in [1.29, 1.82) is 0 Å². The fraction of sp³-hybridized carbons (Fsp3) is 0.632. The summed E-state index contributed by atoms with van der Waals surface area (Å²) < 4.78 is 0. The molecule has 4 nitrogen and oxygen atoms in total. The van der Waals surface area contributed by atoms with Gasteiger partial charge in [0.2, 0.25) is 0 Å². The standard InChI is InChI=1S/C19H27ClN4/c1-21-18(23-16-8-11-24(12-16)17-6-7-17)22-13-19(9-10-19)14-2-4-15(20)5-3-14/h2-5,16-17H,6-13H2,1H3,(H2,21,22,23). The number of hydrogen-bond acceptors (Lipinski definition) is 2. The van der Waals surface area contributed by atoms with E-state index in [1.807, 2.05) is 19.2 Å². The highest BCUT2D eigenvalue weighted by molar-refractivity contribution is 6.30. The van der Waals surface area contributed by atoms with E-state index < -0.39 is 0 Å². The Morgan fingerprint density at radius 2 is 2.00 bits per heavy atom. The summed E-state index contributed by atoms with van der Waals surface area (Å²) in [5.74, 6) is 0.942. The molecule has 4 rings (SSSR count). The summed E-state index contributed by atoms with van der Waals surface area (Å²) >= 11 is 6.02. The van der Waals surface area contributed by atoms with E-state index in [-0.39, 0.29) is 5.41 Å². The quantitative estimate of drug-likeness (QED) is 0.636. The number of rotatable bonds is 5. The first-order chi connectivity index (χ1) is 11.7. The van der Waals surface area contributed by atoms with Gasteiger partial charge in [0.15, 0.2) is 5.96 Å². The first-order valence-corrected chi connectivity index (χ1v) is 9.54. The van der Waals surface area contributed by atoms with Crippen LogP contribution in [0.3, 0.4) is 0 Å². The van der Waals surface area contributed by atoms with Gasteiger partial charge in [0.05, 0.1) is 0 Å². The van der Waals surface area contributed by atoms with E-state index in [2.05, 4.69) is 32.7 Å². The van der Waals surface area contributed by atoms with Crippen molar-refractivity contribution in [2.45, 2.75) is 49.6 Å². The van der Waals surface area contributed by atoms with E-state index in [9.17, 15) is 0 Å². The fourth-order valence-electron chi connectivity index (χ4n) is 3.84. The molecule has 24 heavy (non-hydrogen) atoms. The first-order valence-electron chi connectivity index (χ1n) is 9.16. The number of likely N-dealkylation sites (tertiary alicyclic amines) is 1. The second-order valence-electron chi connectivity index (χ2n) is 7.57. The Balaban J connectivity index is 1.30. The zero-order chi connectivity index (χ0) is 16.6. The van der Waals surface area contributed by atoms with Crippen LogP contribution in [-0.4, -0.2) is 49.6 Å². The van der Waals surface area contributed by atoms with Crippen molar-refractivity contribution < 1.29 is 0 Å². The Bertz CT molecular complexity index is 604. The van der Waals surface area contributed by atoms with E-state index in [1.54, 1.807) is 0 Å². The van der Waals surface area contributed by atoms with Gasteiger partial charge >= 0.3 is 0 Å². The molecule has 0 bridgehead atoms. The molecule has 2 saturated carbocycles. The van der Waals surface area contributed by atoms with Crippen LogP contribution in [0.1, 0.15) is 37.7 Å². The van der Waals surface area contributed by atoms with E-state index in [0.29, 0.717) is 6.04 Å². The van der Waals surface area contributed by atoms with Gasteiger partial charge in [-0.1, -0.05) is 23.7 Å². The van der Waals surface area contributed by atoms with Crippen molar-refractivity contribution in [1.82, 2.24) is 15.5 Å². The smallest absolute Gasteiger partial charge is 0.191 e. The lowest BCUT2D eigenvalue weighted by molar-refractivity contribution is 0.321. The molecule has 0 amide bonds. The van der Waals surface area contributed by atoms with Gasteiger partial charge in [0, 0.05) is 49.2 Å². The van der Waals surface area contributed by atoms with Gasteiger partial charge in [0.25, 0.3) is 0 Å². The number of aliphatic imine (C=N–C) groups is 1. The van der Waals surface area contributed by atoms with Crippen LogP contribution in [0.25, 0.3) is 0 Å². The Hall–Kier alpha value is -1.26. The molecule has 130 valence electrons. The summed E-state index contributed by atoms with van der Waals surface area (Å²) in [5, 5.41) is 7.98. The minimum absolute atomic E-state index is 0.262. The van der Waals surface area contributed by atoms with Crippen LogP contribution < -0.4 is 10.6 Å². The van der Waals surface area contributed by atoms with Gasteiger partial charge in [-0.05, 0) is 49.8 Å². The van der Waals surface area contributed by atoms with Gasteiger partial charge in [0.1, 0.15) is 0 Å². The summed E-state index contributed by atoms with van der Waals surface area (Å²) in [6.07, 6.45) is 6.47. The van der Waals surface area contributed by atoms with Crippen molar-refractivity contribution in [3.05, 3.63) is 34.9 Å². The number of nitrogens with zero attached hydrogens (tertiary/aromatic N) is 2. The van der Waals surface area contributed by atoms with Crippen LogP contribution in [0, 0.1) is 0 Å². The summed E-state index contributed by atoms with van der Waals surface area (Å²) in [6, 6.07) is 9.72. The molecule has 2 aliphatic carbocycles. The maximum Gasteiger partial charge on any atom is 0.191 e. The zero-order valence-corrected chi connectivity index (χ0v) is 15.1. The number of halogens is 1. The van der Waals surface area contributed by atoms with E-state index in [1.165, 1.54) is 44.2 Å². The SMILES string of the molecule is CN=C(NCC1(c2ccc(Cl)cc2)CC1)NC1CCN(C2CC2)C1. The summed E-state index contributed by atoms with van der Waals surface area (Å²) in [7, 11) is 1.87. The Kier molecular flexibility index (Phi) is 4.44. The van der Waals surface area contributed by atoms with Gasteiger partial charge in [-0.25, -0.2) is 0 Å². The van der Waals surface area contributed by atoms with Gasteiger partial charge in [-0.15, -0.1) is 0 Å². The highest BCUT2D eigenvalue weighted by Crippen LogP contribution is 2.47. The number of benzene rings is 1. The third kappa shape index (κ3) is 3.55. The van der Waals surface area contributed by atoms with Gasteiger partial charge in [-0.3, -0.25) is 9.89 Å². The molecule has 1 aliphatic heterocycles. The third-order valence-electron chi connectivity index (χ3n) is 5.75. The average molecular weight is 347 g/mol. The van der Waals surface area contributed by atoms with Gasteiger partial charge < -0.3 is 10.6 Å². The monoisotopic (exact) mass is 346 g/mol. The van der Waals surface area contributed by atoms with E-state index in [4.69, 9.17) is 11.6 Å². The second kappa shape index (κ2) is 6.57. The topological polar surface area (TPSA) is 39.7 Å². The Morgan fingerprint density at radius 3 is 2.62 bits per heavy atom. The minimum Gasteiger partial charge on any atom is -0.356 e. The zero-order valence-electron chi connectivity index (χ0n) is 14.4. The predicted octanol–water partition coefficient (Wildman–Crippen LogP) is 2.77. The first kappa shape index (κ1) is 16.2. The maximum atomic E-state index is 6.02. The summed E-state index contributed by atoms with van der Waals surface area (Å²) in [5.41, 5.74) is 1.65. The highest BCUT2D eigenvalue weighted by atomic mass is 35.5. The van der Waals surface area contributed by atoms with Crippen molar-refractivity contribution in [2.24, 2.45) is 4.99 Å². The molecular formula is C19H27ClN4. The molecule has 1 aromatic carbocycles. The van der Waals surface area contributed by atoms with Crippen LogP contribution in [0.15, 0.2) is 29.3 Å². The van der Waals surface area contributed by atoms with Crippen molar-refractivity contribution in [2.75, 3.05) is 26.7 Å². The minimum atomic E-state index is 0.262. The normalized spacial score (nSPS) is 26.4. The number of hydrogen-bond donors (Lipinski definition) is 2. The Morgan fingerprint density at radius 1 is 1.25 bits per heavy atom. The van der Waals surface area contributed by atoms with E-state index in [0.717, 1.165) is 30.1 Å². The number of nitrogens with one attached hydrogen (secondary N) is 2. The molecule has 1 unspecified atom stereocenters. The molecule has 3 aliphatic rings. The maximum absolute atomic E-state index is 6.02. The fourth-order valence-corrected chi connectivity index (χ4v) is 3.97. The van der Waals surface area contributed by atoms with E-state index >= 15 is 0 Å². The molecular weight excluding hydrogens is 320 g/mol. The molecule has 2 N–H and O–H groups in total. The molecule has 5 heteroatoms.